The first-order valence-electron chi connectivity index (χ1n) is 1.17. The minimum Gasteiger partial charge on any atom is -0.412 e. The molecule has 0 rings (SSSR count). The van der Waals surface area contributed by atoms with Crippen molar-refractivity contribution in [3.8, 4) is 0 Å². The number of hydrogen-bond donors (Lipinski definition) is 2. The summed E-state index contributed by atoms with van der Waals surface area (Å²) >= 11 is 7.81. The van der Waals surface area contributed by atoms with Crippen LogP contribution in [0.2, 0.25) is 0 Å². The van der Waals surface area contributed by atoms with Crippen LogP contribution in [0.25, 0.3) is 0 Å². The van der Waals surface area contributed by atoms with E-state index in [-0.39, 0.29) is 5.48 Å². The van der Waals surface area contributed by atoms with E-state index < -0.39 is 5.69 Å². The Kier molecular flexibility index (Phi) is 5.90. The van der Waals surface area contributed by atoms with Gasteiger partial charge in [0.25, 0.3) is 0 Å². The summed E-state index contributed by atoms with van der Waals surface area (Å²) in [4.78, 5) is 8.39. The van der Waals surface area contributed by atoms with Gasteiger partial charge in [0, 0.05) is 7.11 Å². The first-order chi connectivity index (χ1) is 2.56. The summed E-state index contributed by atoms with van der Waals surface area (Å²) < 4.78 is 4.28. The predicted octanol–water partition coefficient (Wildman–Crippen LogP) is -0.0453. The van der Waals surface area contributed by atoms with Crippen LogP contribution in [-0.2, 0) is 16.3 Å². The van der Waals surface area contributed by atoms with Gasteiger partial charge in [0.15, 0.2) is 0 Å². The fourth-order valence-electron chi connectivity index (χ4n) is 0. The normalized spacial score (nSPS) is 17.0. The van der Waals surface area contributed by atoms with Gasteiger partial charge in [0.1, 0.15) is 0 Å². The second-order valence-corrected chi connectivity index (χ2v) is 5.94. The van der Waals surface area contributed by atoms with Crippen molar-refractivity contribution in [2.75, 3.05) is 7.11 Å². The molecule has 46 valence electrons. The van der Waals surface area contributed by atoms with Crippen LogP contribution < -0.4 is 0 Å². The Balaban J connectivity index is 0. The van der Waals surface area contributed by atoms with E-state index in [2.05, 4.69) is 28.6 Å². The van der Waals surface area contributed by atoms with E-state index in [0.29, 0.717) is 0 Å². The zero-order valence-corrected chi connectivity index (χ0v) is 6.26. The molecule has 1 unspecified atom stereocenters. The maximum absolute atomic E-state index is 8.39. The minimum absolute atomic E-state index is 0. The Morgan fingerprint density at radius 3 is 2.00 bits per heavy atom. The molecule has 0 saturated heterocycles. The van der Waals surface area contributed by atoms with Gasteiger partial charge in [-0.25, -0.2) is 0 Å². The lowest BCUT2D eigenvalue weighted by molar-refractivity contribution is 0.405. The summed E-state index contributed by atoms with van der Waals surface area (Å²) in [5, 5.41) is 0. The summed E-state index contributed by atoms with van der Waals surface area (Å²) in [6, 6.07) is 0. The van der Waals surface area contributed by atoms with Gasteiger partial charge in [-0.15, -0.1) is 0 Å². The van der Waals surface area contributed by atoms with E-state index in [0.717, 1.165) is 0 Å². The lowest BCUT2D eigenvalue weighted by Crippen LogP contribution is -1.67. The van der Waals surface area contributed by atoms with E-state index >= 15 is 0 Å². The molecule has 0 heterocycles. The third kappa shape index (κ3) is 10.9. The molecule has 3 N–H and O–H groups in total. The quantitative estimate of drug-likeness (QED) is 0.420. The molecule has 0 amide bonds. The van der Waals surface area contributed by atoms with Crippen LogP contribution in [-0.4, -0.2) is 17.5 Å². The summed E-state index contributed by atoms with van der Waals surface area (Å²) in [5.74, 6) is 0. The first-order valence-corrected chi connectivity index (χ1v) is 5.00. The molecule has 0 fully saturated rings. The zero-order valence-electron chi connectivity index (χ0n) is 3.66. The fourth-order valence-corrected chi connectivity index (χ4v) is 0. The highest BCUT2D eigenvalue weighted by molar-refractivity contribution is 8.59. The summed E-state index contributed by atoms with van der Waals surface area (Å²) in [6.07, 6.45) is 0. The van der Waals surface area contributed by atoms with Crippen molar-refractivity contribution in [2.24, 2.45) is 0 Å². The van der Waals surface area contributed by atoms with E-state index in [9.17, 15) is 0 Å². The molecule has 6 heteroatoms. The van der Waals surface area contributed by atoms with E-state index in [4.69, 9.17) is 4.89 Å². The maximum Gasteiger partial charge on any atom is 0.241 e. The molecule has 0 aliphatic rings. The smallest absolute Gasteiger partial charge is 0.241 e. The number of rotatable bonds is 1. The summed E-state index contributed by atoms with van der Waals surface area (Å²) in [7, 11) is 1.33. The van der Waals surface area contributed by atoms with Crippen molar-refractivity contribution >= 4 is 29.7 Å². The topological polar surface area (TPSA) is 61.0 Å². The molecule has 0 aromatic carbocycles. The molecule has 0 spiro atoms. The number of hydrogen-bond acceptors (Lipinski definition) is 2. The van der Waals surface area contributed by atoms with Gasteiger partial charge in [-0.2, -0.15) is 0 Å². The Hall–Kier alpha value is 0.880. The van der Waals surface area contributed by atoms with Crippen molar-refractivity contribution in [3.63, 3.8) is 0 Å². The standard InChI is InChI=1S/CH5O2PS2.H2O/c1-3-4(2,5)6;/h1H3,(H2,2,5,6);1H2. The van der Waals surface area contributed by atoms with E-state index in [1.165, 1.54) is 7.11 Å². The Morgan fingerprint density at radius 1 is 1.86 bits per heavy atom. The summed E-state index contributed by atoms with van der Waals surface area (Å²) in [5.41, 5.74) is -2.62. The first kappa shape index (κ1) is 10.8. The van der Waals surface area contributed by atoms with Crippen LogP contribution >= 0.6 is 17.9 Å². The summed E-state index contributed by atoms with van der Waals surface area (Å²) in [6.45, 7) is 0. The van der Waals surface area contributed by atoms with Crippen LogP contribution in [0.15, 0.2) is 0 Å². The van der Waals surface area contributed by atoms with Crippen LogP contribution in [0.4, 0.5) is 0 Å². The van der Waals surface area contributed by atoms with Crippen molar-refractivity contribution in [1.82, 2.24) is 0 Å². The van der Waals surface area contributed by atoms with Gasteiger partial charge in [-0.05, 0) is 11.8 Å². The molecule has 0 aromatic rings. The van der Waals surface area contributed by atoms with Gasteiger partial charge >= 0.3 is 0 Å². The Bertz CT molecular complexity index is 77.0. The minimum atomic E-state index is -2.62. The van der Waals surface area contributed by atoms with Crippen LogP contribution in [0.5, 0.6) is 0 Å². The zero-order chi connectivity index (χ0) is 5.21. The van der Waals surface area contributed by atoms with Crippen LogP contribution in [0.1, 0.15) is 0 Å². The van der Waals surface area contributed by atoms with Crippen molar-refractivity contribution < 1.29 is 14.9 Å². The lowest BCUT2D eigenvalue weighted by Gasteiger charge is -1.99. The molecule has 0 aliphatic carbocycles. The van der Waals surface area contributed by atoms with Crippen LogP contribution in [0, 0.1) is 0 Å². The van der Waals surface area contributed by atoms with Gasteiger partial charge in [-0.1, -0.05) is 12.2 Å². The molecular weight excluding hydrogens is 155 g/mol. The second-order valence-electron chi connectivity index (χ2n) is 0.673. The van der Waals surface area contributed by atoms with Crippen molar-refractivity contribution in [1.29, 1.82) is 0 Å². The van der Waals surface area contributed by atoms with Gasteiger partial charge in [-0.3, -0.25) is 0 Å². The molecule has 0 aliphatic heterocycles. The molecular formula is CH7O3PS2. The Morgan fingerprint density at radius 2 is 2.00 bits per heavy atom. The molecule has 0 aromatic heterocycles. The van der Waals surface area contributed by atoms with Crippen LogP contribution in [0.3, 0.4) is 0 Å². The largest absolute Gasteiger partial charge is 0.412 e. The van der Waals surface area contributed by atoms with E-state index in [1.807, 2.05) is 0 Å². The van der Waals surface area contributed by atoms with Gasteiger partial charge < -0.3 is 14.9 Å². The van der Waals surface area contributed by atoms with Crippen molar-refractivity contribution in [2.45, 2.75) is 0 Å². The third-order valence-corrected chi connectivity index (χ3v) is 1.65. The highest BCUT2D eigenvalue weighted by Gasteiger charge is 1.97. The molecule has 7 heavy (non-hydrogen) atoms. The lowest BCUT2D eigenvalue weighted by atomic mass is 11.8. The highest BCUT2D eigenvalue weighted by Crippen LogP contribution is 2.45. The molecule has 3 nitrogen and oxygen atoms in total. The predicted molar refractivity (Wildman–Crippen MR) is 36.1 cm³/mol. The monoisotopic (exact) mass is 162 g/mol. The van der Waals surface area contributed by atoms with Crippen molar-refractivity contribution in [3.05, 3.63) is 0 Å². The van der Waals surface area contributed by atoms with E-state index in [1.54, 1.807) is 0 Å². The second kappa shape index (κ2) is 3.83. The Labute approximate surface area is 52.3 Å². The average molecular weight is 162 g/mol. The fraction of sp³-hybridized carbons (Fsp3) is 1.00. The average Bonchev–Trinajstić information content (AvgIpc) is 1.35. The SMILES string of the molecule is COP(O)(=S)S.O. The van der Waals surface area contributed by atoms with Gasteiger partial charge in [0.05, 0.1) is 0 Å². The molecule has 0 bridgehead atoms. The molecule has 0 radical (unpaired) electrons. The molecule has 0 saturated carbocycles. The maximum atomic E-state index is 8.39. The highest BCUT2D eigenvalue weighted by atomic mass is 32.9. The third-order valence-electron chi connectivity index (χ3n) is 0.238. The van der Waals surface area contributed by atoms with Gasteiger partial charge in [0.2, 0.25) is 5.69 Å². The number of thiol groups is 1. The molecule has 1 atom stereocenters.